The average Bonchev–Trinajstić information content (AvgIpc) is 3.39. The molecule has 1 heterocycles. The van der Waals surface area contributed by atoms with Crippen molar-refractivity contribution in [2.45, 2.75) is 19.4 Å². The van der Waals surface area contributed by atoms with E-state index in [1.807, 2.05) is 24.3 Å². The van der Waals surface area contributed by atoms with Gasteiger partial charge >= 0.3 is 5.97 Å². The number of hydrogen-bond donors (Lipinski definition) is 2. The molecule has 8 heteroatoms. The summed E-state index contributed by atoms with van der Waals surface area (Å²) < 4.78 is 31.1. The molecule has 0 atom stereocenters. The Hall–Kier alpha value is -4.01. The van der Waals surface area contributed by atoms with Crippen LogP contribution in [0.5, 0.6) is 0 Å². The van der Waals surface area contributed by atoms with Gasteiger partial charge < -0.3 is 24.9 Å². The fourth-order valence-corrected chi connectivity index (χ4v) is 3.94. The number of nitrogens with one attached hydrogen (secondary N) is 1. The Kier molecular flexibility index (Phi) is 8.10. The molecule has 4 aromatic rings. The molecule has 0 aliphatic rings. The summed E-state index contributed by atoms with van der Waals surface area (Å²) in [6.45, 7) is 1.07. The summed E-state index contributed by atoms with van der Waals surface area (Å²) in [5.41, 5.74) is 9.16. The molecule has 186 valence electrons. The lowest BCUT2D eigenvalue weighted by molar-refractivity contribution is -0.143. The van der Waals surface area contributed by atoms with Crippen molar-refractivity contribution in [3.8, 4) is 11.1 Å². The number of anilines is 1. The minimum Gasteiger partial charge on any atom is -0.465 e. The first-order chi connectivity index (χ1) is 17.5. The number of rotatable bonds is 10. The largest absolute Gasteiger partial charge is 0.465 e. The third-order valence-electron chi connectivity index (χ3n) is 5.75. The highest BCUT2D eigenvalue weighted by atomic mass is 19.1. The summed E-state index contributed by atoms with van der Waals surface area (Å²) in [7, 11) is 1.58. The second kappa shape index (κ2) is 11.6. The summed E-state index contributed by atoms with van der Waals surface area (Å²) in [6.07, 6.45) is 1.94. The van der Waals surface area contributed by atoms with Gasteiger partial charge in [0.25, 0.3) is 5.91 Å². The van der Waals surface area contributed by atoms with E-state index in [1.54, 1.807) is 31.4 Å². The maximum atomic E-state index is 15.4. The third kappa shape index (κ3) is 5.62. The number of para-hydroxylation sites is 1. The van der Waals surface area contributed by atoms with Gasteiger partial charge in [0.15, 0.2) is 0 Å². The van der Waals surface area contributed by atoms with Crippen LogP contribution in [-0.4, -0.2) is 32.2 Å². The van der Waals surface area contributed by atoms with Crippen LogP contribution in [0.1, 0.15) is 27.9 Å². The van der Waals surface area contributed by atoms with Gasteiger partial charge in [-0.15, -0.1) is 0 Å². The molecule has 0 radical (unpaired) electrons. The molecule has 36 heavy (non-hydrogen) atoms. The Balaban J connectivity index is 1.61. The number of hydrogen-bond acceptors (Lipinski definition) is 6. The fraction of sp³-hybridized carbons (Fsp3) is 0.214. The molecule has 0 aliphatic heterocycles. The van der Waals surface area contributed by atoms with Crippen molar-refractivity contribution in [2.75, 3.05) is 25.6 Å². The predicted octanol–water partition coefficient (Wildman–Crippen LogP) is 5.07. The molecule has 4 rings (SSSR count). The van der Waals surface area contributed by atoms with Crippen LogP contribution < -0.4 is 11.1 Å². The van der Waals surface area contributed by atoms with E-state index >= 15 is 4.39 Å². The van der Waals surface area contributed by atoms with Crippen molar-refractivity contribution < 1.29 is 27.9 Å². The average molecular weight is 491 g/mol. The number of amides is 1. The highest BCUT2D eigenvalue weighted by Crippen LogP contribution is 2.34. The van der Waals surface area contributed by atoms with Gasteiger partial charge in [-0.2, -0.15) is 0 Å². The summed E-state index contributed by atoms with van der Waals surface area (Å²) in [5.74, 6) is -1.77. The first kappa shape index (κ1) is 25.1. The van der Waals surface area contributed by atoms with E-state index in [-0.39, 0.29) is 24.0 Å². The van der Waals surface area contributed by atoms with E-state index in [0.29, 0.717) is 42.0 Å². The topological polar surface area (TPSA) is 104 Å². The van der Waals surface area contributed by atoms with Gasteiger partial charge in [0.2, 0.25) is 0 Å². The third-order valence-corrected chi connectivity index (χ3v) is 5.75. The fourth-order valence-electron chi connectivity index (χ4n) is 3.94. The summed E-state index contributed by atoms with van der Waals surface area (Å²) >= 11 is 0. The minimum atomic E-state index is -0.690. The molecular formula is C28H27FN2O5. The summed E-state index contributed by atoms with van der Waals surface area (Å²) in [6, 6.07) is 17.3. The van der Waals surface area contributed by atoms with Crippen LogP contribution in [0.15, 0.2) is 71.3 Å². The van der Waals surface area contributed by atoms with Gasteiger partial charge in [0, 0.05) is 37.9 Å². The number of furan rings is 1. The number of ether oxygens (including phenoxy) is 2. The van der Waals surface area contributed by atoms with Crippen molar-refractivity contribution in [3.05, 3.63) is 89.4 Å². The molecule has 0 saturated heterocycles. The van der Waals surface area contributed by atoms with Gasteiger partial charge in [-0.05, 0) is 41.0 Å². The number of nitrogens with two attached hydrogens (primary N) is 1. The van der Waals surface area contributed by atoms with Crippen molar-refractivity contribution in [1.29, 1.82) is 0 Å². The molecule has 1 amide bonds. The van der Waals surface area contributed by atoms with Crippen molar-refractivity contribution >= 4 is 28.5 Å². The van der Waals surface area contributed by atoms with Crippen molar-refractivity contribution in [3.63, 3.8) is 0 Å². The maximum Gasteiger partial charge on any atom is 0.310 e. The lowest BCUT2D eigenvalue weighted by atomic mass is 9.97. The number of fused-ring (bicyclic) bond motifs is 1. The first-order valence-corrected chi connectivity index (χ1v) is 11.5. The monoisotopic (exact) mass is 490 g/mol. The lowest BCUT2D eigenvalue weighted by Crippen LogP contribution is -2.17. The molecule has 0 fully saturated rings. The molecule has 0 aliphatic carbocycles. The van der Waals surface area contributed by atoms with Crippen LogP contribution in [0, 0.1) is 5.82 Å². The smallest absolute Gasteiger partial charge is 0.310 e. The van der Waals surface area contributed by atoms with E-state index in [9.17, 15) is 9.59 Å². The Morgan fingerprint density at radius 3 is 2.69 bits per heavy atom. The lowest BCUT2D eigenvalue weighted by Gasteiger charge is -2.13. The summed E-state index contributed by atoms with van der Waals surface area (Å²) in [5, 5.41) is 2.95. The second-order valence-corrected chi connectivity index (χ2v) is 8.21. The van der Waals surface area contributed by atoms with E-state index in [2.05, 4.69) is 5.32 Å². The number of esters is 1. The normalized spacial score (nSPS) is 11.0. The zero-order valence-corrected chi connectivity index (χ0v) is 19.9. The van der Waals surface area contributed by atoms with Gasteiger partial charge in [-0.3, -0.25) is 9.59 Å². The Morgan fingerprint density at radius 1 is 1.06 bits per heavy atom. The Morgan fingerprint density at radius 2 is 1.89 bits per heavy atom. The zero-order chi connectivity index (χ0) is 25.5. The molecule has 0 saturated carbocycles. The SMILES string of the molecule is COCCCOC(=O)Cc1ccccc1NC(=O)c1cc(-c2cccc(CN)c2)c2occc2c1F. The molecule has 7 nitrogen and oxygen atoms in total. The second-order valence-electron chi connectivity index (χ2n) is 8.21. The predicted molar refractivity (Wildman–Crippen MR) is 135 cm³/mol. The molecular weight excluding hydrogens is 463 g/mol. The Bertz CT molecular complexity index is 1380. The van der Waals surface area contributed by atoms with E-state index in [1.165, 1.54) is 18.4 Å². The van der Waals surface area contributed by atoms with Gasteiger partial charge in [-0.1, -0.05) is 36.4 Å². The summed E-state index contributed by atoms with van der Waals surface area (Å²) in [4.78, 5) is 25.5. The zero-order valence-electron chi connectivity index (χ0n) is 19.9. The quantitative estimate of drug-likeness (QED) is 0.238. The molecule has 3 aromatic carbocycles. The molecule has 0 spiro atoms. The standard InChI is InChI=1S/C28H27FN2O5/c1-34-11-5-12-35-25(32)15-20-7-2-3-9-24(20)31-28(33)23-16-22(19-8-4-6-18(14-19)17-30)27-21(26(23)29)10-13-36-27/h2-4,6-10,13-14,16H,5,11-12,15,17,30H2,1H3,(H,31,33). The van der Waals surface area contributed by atoms with Crippen molar-refractivity contribution in [2.24, 2.45) is 5.73 Å². The highest BCUT2D eigenvalue weighted by Gasteiger charge is 2.22. The molecule has 3 N–H and O–H groups in total. The maximum absolute atomic E-state index is 15.4. The van der Waals surface area contributed by atoms with E-state index in [0.717, 1.165) is 11.1 Å². The van der Waals surface area contributed by atoms with E-state index in [4.69, 9.17) is 19.6 Å². The molecule has 1 aromatic heterocycles. The van der Waals surface area contributed by atoms with Gasteiger partial charge in [-0.25, -0.2) is 4.39 Å². The number of carbonyl (C=O) groups is 2. The number of benzene rings is 3. The molecule has 0 bridgehead atoms. The first-order valence-electron chi connectivity index (χ1n) is 11.5. The van der Waals surface area contributed by atoms with Crippen LogP contribution in [-0.2, 0) is 27.2 Å². The highest BCUT2D eigenvalue weighted by molar-refractivity contribution is 6.09. The van der Waals surface area contributed by atoms with Crippen molar-refractivity contribution in [1.82, 2.24) is 0 Å². The Labute approximate surface area is 208 Å². The minimum absolute atomic E-state index is 0.0379. The van der Waals surface area contributed by atoms with Crippen LogP contribution in [0.3, 0.4) is 0 Å². The van der Waals surface area contributed by atoms with Crippen LogP contribution in [0.4, 0.5) is 10.1 Å². The van der Waals surface area contributed by atoms with Gasteiger partial charge in [0.1, 0.15) is 11.4 Å². The van der Waals surface area contributed by atoms with Gasteiger partial charge in [0.05, 0.1) is 30.2 Å². The number of carbonyl (C=O) groups excluding carboxylic acids is 2. The van der Waals surface area contributed by atoms with Crippen LogP contribution >= 0.6 is 0 Å². The number of methoxy groups -OCH3 is 1. The van der Waals surface area contributed by atoms with E-state index < -0.39 is 17.7 Å². The van der Waals surface area contributed by atoms with Crippen LogP contribution in [0.2, 0.25) is 0 Å². The van der Waals surface area contributed by atoms with Crippen LogP contribution in [0.25, 0.3) is 22.1 Å². The molecule has 0 unspecified atom stereocenters. The number of halogens is 1.